The number of ether oxygens (including phenoxy) is 3. The van der Waals surface area contributed by atoms with Gasteiger partial charge in [0.25, 0.3) is 0 Å². The number of methoxy groups -OCH3 is 3. The van der Waals surface area contributed by atoms with Crippen LogP contribution in [-0.2, 0) is 0 Å². The molecule has 0 spiro atoms. The third kappa shape index (κ3) is 4.07. The zero-order valence-electron chi connectivity index (χ0n) is 13.4. The Labute approximate surface area is 139 Å². The molecule has 124 valence electrons. The van der Waals surface area contributed by atoms with E-state index >= 15 is 0 Å². The largest absolute Gasteiger partial charge is 0.493 e. The smallest absolute Gasteiger partial charge is 0.226 e. The topological polar surface area (TPSA) is 77.5 Å². The van der Waals surface area contributed by atoms with Crippen molar-refractivity contribution in [2.45, 2.75) is 6.92 Å². The predicted molar refractivity (Wildman–Crippen MR) is 90.6 cm³/mol. The van der Waals surface area contributed by atoms with Crippen molar-refractivity contribution in [2.24, 2.45) is 0 Å². The fraction of sp³-hybridized carbons (Fsp3) is 0.333. The number of halogens is 1. The Kier molecular flexibility index (Phi) is 5.70. The van der Waals surface area contributed by atoms with E-state index in [4.69, 9.17) is 25.8 Å². The van der Waals surface area contributed by atoms with E-state index in [2.05, 4.69) is 20.6 Å². The van der Waals surface area contributed by atoms with Gasteiger partial charge in [-0.1, -0.05) is 11.6 Å². The van der Waals surface area contributed by atoms with Gasteiger partial charge >= 0.3 is 0 Å². The van der Waals surface area contributed by atoms with Crippen molar-refractivity contribution in [3.05, 3.63) is 23.4 Å². The van der Waals surface area contributed by atoms with Crippen molar-refractivity contribution in [2.75, 3.05) is 38.5 Å². The molecule has 0 fully saturated rings. The Bertz CT molecular complexity index is 657. The Hall–Kier alpha value is -2.41. The summed E-state index contributed by atoms with van der Waals surface area (Å²) in [4.78, 5) is 8.44. The normalized spacial score (nSPS) is 10.1. The molecule has 0 amide bonds. The van der Waals surface area contributed by atoms with E-state index in [1.54, 1.807) is 39.5 Å². The minimum atomic E-state index is 0.339. The summed E-state index contributed by atoms with van der Waals surface area (Å²) in [6, 6.07) is 5.19. The number of hydrogen-bond acceptors (Lipinski definition) is 7. The molecule has 0 unspecified atom stereocenters. The molecule has 23 heavy (non-hydrogen) atoms. The van der Waals surface area contributed by atoms with Crippen molar-refractivity contribution >= 4 is 29.1 Å². The lowest BCUT2D eigenvalue weighted by atomic mass is 10.2. The summed E-state index contributed by atoms with van der Waals surface area (Å²) in [7, 11) is 4.68. The lowest BCUT2D eigenvalue weighted by molar-refractivity contribution is 0.324. The van der Waals surface area contributed by atoms with Gasteiger partial charge in [-0.05, 0) is 6.92 Å². The first-order chi connectivity index (χ1) is 11.1. The summed E-state index contributed by atoms with van der Waals surface area (Å²) in [5, 5.41) is 6.51. The number of rotatable bonds is 7. The summed E-state index contributed by atoms with van der Waals surface area (Å²) < 4.78 is 16.0. The maximum absolute atomic E-state index is 6.02. The van der Waals surface area contributed by atoms with E-state index in [1.807, 2.05) is 6.92 Å². The number of nitrogens with zero attached hydrogens (tertiary/aromatic N) is 2. The van der Waals surface area contributed by atoms with E-state index in [0.29, 0.717) is 40.7 Å². The highest BCUT2D eigenvalue weighted by Crippen LogP contribution is 2.40. The van der Waals surface area contributed by atoms with E-state index < -0.39 is 0 Å². The van der Waals surface area contributed by atoms with Crippen LogP contribution >= 0.6 is 11.6 Å². The van der Waals surface area contributed by atoms with Gasteiger partial charge in [0, 0.05) is 30.4 Å². The second-order valence-corrected chi connectivity index (χ2v) is 4.86. The fourth-order valence-electron chi connectivity index (χ4n) is 2.02. The van der Waals surface area contributed by atoms with Crippen LogP contribution in [0.15, 0.2) is 18.2 Å². The van der Waals surface area contributed by atoms with Crippen LogP contribution < -0.4 is 24.8 Å². The molecular weight excluding hydrogens is 320 g/mol. The van der Waals surface area contributed by atoms with Gasteiger partial charge in [0.1, 0.15) is 11.0 Å². The van der Waals surface area contributed by atoms with Crippen LogP contribution in [-0.4, -0.2) is 37.8 Å². The van der Waals surface area contributed by atoms with Gasteiger partial charge in [-0.25, -0.2) is 4.98 Å². The van der Waals surface area contributed by atoms with Crippen LogP contribution in [0.25, 0.3) is 0 Å². The molecule has 0 saturated carbocycles. The Morgan fingerprint density at radius 3 is 2.17 bits per heavy atom. The predicted octanol–water partition coefficient (Wildman–Crippen LogP) is 3.33. The number of nitrogens with one attached hydrogen (secondary N) is 2. The van der Waals surface area contributed by atoms with Gasteiger partial charge in [-0.15, -0.1) is 0 Å². The second-order valence-electron chi connectivity index (χ2n) is 4.47. The molecule has 0 aliphatic carbocycles. The van der Waals surface area contributed by atoms with Crippen LogP contribution in [0.2, 0.25) is 5.15 Å². The first-order valence-electron chi connectivity index (χ1n) is 6.96. The highest BCUT2D eigenvalue weighted by molar-refractivity contribution is 6.29. The van der Waals surface area contributed by atoms with Crippen molar-refractivity contribution < 1.29 is 14.2 Å². The van der Waals surface area contributed by atoms with Crippen molar-refractivity contribution in [3.63, 3.8) is 0 Å². The third-order valence-corrected chi connectivity index (χ3v) is 3.16. The average molecular weight is 339 g/mol. The number of aromatic nitrogens is 2. The van der Waals surface area contributed by atoms with E-state index in [0.717, 1.165) is 5.69 Å². The molecule has 1 aromatic carbocycles. The molecule has 0 bridgehead atoms. The SMILES string of the molecule is CCNc1nc(Cl)cc(Nc2cc(OC)c(OC)c(OC)c2)n1. The molecule has 2 aromatic rings. The fourth-order valence-corrected chi connectivity index (χ4v) is 2.20. The molecule has 0 atom stereocenters. The summed E-state index contributed by atoms with van der Waals surface area (Å²) >= 11 is 6.02. The highest BCUT2D eigenvalue weighted by atomic mass is 35.5. The summed E-state index contributed by atoms with van der Waals surface area (Å²) in [5.74, 6) is 2.61. The Balaban J connectivity index is 2.36. The van der Waals surface area contributed by atoms with Gasteiger partial charge in [0.2, 0.25) is 11.7 Å². The molecule has 0 radical (unpaired) electrons. The monoisotopic (exact) mass is 338 g/mol. The van der Waals surface area contributed by atoms with Gasteiger partial charge in [-0.2, -0.15) is 4.98 Å². The molecule has 1 aromatic heterocycles. The lowest BCUT2D eigenvalue weighted by Crippen LogP contribution is -2.04. The molecular formula is C15H19ClN4O3. The van der Waals surface area contributed by atoms with Crippen molar-refractivity contribution in [1.29, 1.82) is 0 Å². The molecule has 7 nitrogen and oxygen atoms in total. The van der Waals surface area contributed by atoms with Crippen LogP contribution in [0.5, 0.6) is 17.2 Å². The average Bonchev–Trinajstić information content (AvgIpc) is 2.53. The molecule has 2 rings (SSSR count). The van der Waals surface area contributed by atoms with Gasteiger partial charge in [0.15, 0.2) is 11.5 Å². The Morgan fingerprint density at radius 2 is 1.65 bits per heavy atom. The minimum absolute atomic E-state index is 0.339. The van der Waals surface area contributed by atoms with Gasteiger partial charge in [0.05, 0.1) is 21.3 Å². The van der Waals surface area contributed by atoms with Crippen LogP contribution in [0.1, 0.15) is 6.92 Å². The van der Waals surface area contributed by atoms with E-state index in [9.17, 15) is 0 Å². The standard InChI is InChI=1S/C15H19ClN4O3/c1-5-17-15-19-12(16)8-13(20-15)18-9-6-10(21-2)14(23-4)11(7-9)22-3/h6-8H,5H2,1-4H3,(H2,17,18,19,20). The zero-order valence-corrected chi connectivity index (χ0v) is 14.2. The summed E-state index contributed by atoms with van der Waals surface area (Å²) in [6.07, 6.45) is 0. The highest BCUT2D eigenvalue weighted by Gasteiger charge is 2.14. The maximum atomic E-state index is 6.02. The van der Waals surface area contributed by atoms with Crippen LogP contribution in [0, 0.1) is 0 Å². The van der Waals surface area contributed by atoms with Crippen LogP contribution in [0.4, 0.5) is 17.5 Å². The Morgan fingerprint density at radius 1 is 1.00 bits per heavy atom. The summed E-state index contributed by atoms with van der Waals surface area (Å²) in [5.41, 5.74) is 0.719. The van der Waals surface area contributed by atoms with Crippen molar-refractivity contribution in [1.82, 2.24) is 9.97 Å². The van der Waals surface area contributed by atoms with E-state index in [-0.39, 0.29) is 0 Å². The number of anilines is 3. The molecule has 2 N–H and O–H groups in total. The van der Waals surface area contributed by atoms with E-state index in [1.165, 1.54) is 0 Å². The van der Waals surface area contributed by atoms with Gasteiger partial charge in [-0.3, -0.25) is 0 Å². The molecule has 1 heterocycles. The molecule has 0 saturated heterocycles. The summed E-state index contributed by atoms with van der Waals surface area (Å²) in [6.45, 7) is 2.65. The zero-order chi connectivity index (χ0) is 16.8. The lowest BCUT2D eigenvalue weighted by Gasteiger charge is -2.15. The maximum Gasteiger partial charge on any atom is 0.226 e. The van der Waals surface area contributed by atoms with Crippen LogP contribution in [0.3, 0.4) is 0 Å². The molecule has 0 aliphatic heterocycles. The quantitative estimate of drug-likeness (QED) is 0.750. The first kappa shape index (κ1) is 17.0. The second kappa shape index (κ2) is 7.73. The third-order valence-electron chi connectivity index (χ3n) is 2.97. The molecule has 8 heteroatoms. The first-order valence-corrected chi connectivity index (χ1v) is 7.34. The minimum Gasteiger partial charge on any atom is -0.493 e. The van der Waals surface area contributed by atoms with Crippen molar-refractivity contribution in [3.8, 4) is 17.2 Å². The van der Waals surface area contributed by atoms with Gasteiger partial charge < -0.3 is 24.8 Å². The number of benzene rings is 1. The molecule has 0 aliphatic rings. The number of hydrogen-bond donors (Lipinski definition) is 2.